The van der Waals surface area contributed by atoms with E-state index >= 15 is 0 Å². The molecule has 0 bridgehead atoms. The van der Waals surface area contributed by atoms with Crippen LogP contribution in [0.5, 0.6) is 0 Å². The highest BCUT2D eigenvalue weighted by atomic mass is 16.5. The number of hydrogen-bond donors (Lipinski definition) is 0. The van der Waals surface area contributed by atoms with Crippen molar-refractivity contribution < 1.29 is 23.5 Å². The zero-order chi connectivity index (χ0) is 18.5. The summed E-state index contributed by atoms with van der Waals surface area (Å²) in [6.07, 6.45) is 5.32. The van der Waals surface area contributed by atoms with Gasteiger partial charge in [-0.3, -0.25) is 9.59 Å². The summed E-state index contributed by atoms with van der Waals surface area (Å²) in [4.78, 5) is 28.9. The van der Waals surface area contributed by atoms with E-state index in [1.54, 1.807) is 11.0 Å². The van der Waals surface area contributed by atoms with Gasteiger partial charge in [-0.15, -0.1) is 0 Å². The van der Waals surface area contributed by atoms with Crippen LogP contribution in [0.4, 0.5) is 0 Å². The van der Waals surface area contributed by atoms with E-state index in [-0.39, 0.29) is 30.1 Å². The molecule has 3 atom stereocenters. The third kappa shape index (κ3) is 4.86. The molecule has 7 heteroatoms. The molecule has 2 aliphatic rings. The van der Waals surface area contributed by atoms with E-state index < -0.39 is 0 Å². The molecule has 7 nitrogen and oxygen atoms in total. The molecule has 144 valence electrons. The summed E-state index contributed by atoms with van der Waals surface area (Å²) >= 11 is 0. The molecular weight excluding hydrogens is 336 g/mol. The van der Waals surface area contributed by atoms with Gasteiger partial charge in [-0.1, -0.05) is 0 Å². The van der Waals surface area contributed by atoms with Crippen molar-refractivity contribution in [2.45, 2.75) is 51.4 Å². The molecule has 0 N–H and O–H groups in total. The molecule has 0 aliphatic carbocycles. The molecule has 26 heavy (non-hydrogen) atoms. The quantitative estimate of drug-likeness (QED) is 0.771. The first-order chi connectivity index (χ1) is 12.5. The van der Waals surface area contributed by atoms with Crippen molar-refractivity contribution in [1.29, 1.82) is 0 Å². The summed E-state index contributed by atoms with van der Waals surface area (Å²) in [5, 5.41) is 0. The number of morpholine rings is 1. The Labute approximate surface area is 154 Å². The normalized spacial score (nSPS) is 26.1. The molecule has 0 saturated carbocycles. The summed E-state index contributed by atoms with van der Waals surface area (Å²) in [5.74, 6) is -0.0601. The molecule has 2 fully saturated rings. The van der Waals surface area contributed by atoms with Crippen LogP contribution in [0.3, 0.4) is 0 Å². The van der Waals surface area contributed by atoms with Gasteiger partial charge in [0.1, 0.15) is 6.26 Å². The van der Waals surface area contributed by atoms with Crippen LogP contribution in [0.2, 0.25) is 0 Å². The largest absolute Gasteiger partial charge is 0.472 e. The first kappa shape index (κ1) is 18.9. The van der Waals surface area contributed by atoms with Crippen LogP contribution in [0.25, 0.3) is 0 Å². The maximum atomic E-state index is 12.8. The third-order valence-electron chi connectivity index (χ3n) is 4.87. The fraction of sp³-hybridized carbons (Fsp3) is 0.684. The first-order valence-corrected chi connectivity index (χ1v) is 9.39. The summed E-state index contributed by atoms with van der Waals surface area (Å²) in [5.41, 5.74) is 0.504. The van der Waals surface area contributed by atoms with Gasteiger partial charge in [0.05, 0.1) is 30.1 Å². The number of ether oxygens (including phenoxy) is 2. The number of carbonyl (C=O) groups excluding carboxylic acids is 2. The molecule has 0 radical (unpaired) electrons. The van der Waals surface area contributed by atoms with Gasteiger partial charge in [0.15, 0.2) is 0 Å². The summed E-state index contributed by atoms with van der Waals surface area (Å²) in [7, 11) is 0. The third-order valence-corrected chi connectivity index (χ3v) is 4.87. The number of nitrogens with zero attached hydrogens (tertiary/aromatic N) is 2. The molecule has 3 unspecified atom stereocenters. The number of furan rings is 1. The zero-order valence-electron chi connectivity index (χ0n) is 15.6. The van der Waals surface area contributed by atoms with Crippen molar-refractivity contribution in [3.05, 3.63) is 24.2 Å². The van der Waals surface area contributed by atoms with Gasteiger partial charge >= 0.3 is 0 Å². The smallest absolute Gasteiger partial charge is 0.257 e. The second-order valence-electron chi connectivity index (χ2n) is 7.20. The molecule has 3 rings (SSSR count). The van der Waals surface area contributed by atoms with Crippen molar-refractivity contribution in [3.8, 4) is 0 Å². The standard InChI is InChI=1S/C19H28N2O5/c1-14-10-21(11-15(2)26-14)18(22)5-7-20(12-17-4-3-8-25-17)19(23)16-6-9-24-13-16/h6,9,13-15,17H,3-5,7-8,10-12H2,1-2H3. The van der Waals surface area contributed by atoms with Crippen molar-refractivity contribution in [2.75, 3.05) is 32.8 Å². The Balaban J connectivity index is 1.59. The average Bonchev–Trinajstić information content (AvgIpc) is 3.30. The second-order valence-corrected chi connectivity index (χ2v) is 7.20. The Bertz CT molecular complexity index is 587. The van der Waals surface area contributed by atoms with Crippen LogP contribution in [-0.4, -0.2) is 72.7 Å². The Morgan fingerprint density at radius 2 is 2.04 bits per heavy atom. The number of hydrogen-bond acceptors (Lipinski definition) is 5. The van der Waals surface area contributed by atoms with E-state index in [0.29, 0.717) is 38.2 Å². The van der Waals surface area contributed by atoms with E-state index in [4.69, 9.17) is 13.9 Å². The molecule has 0 aromatic carbocycles. The van der Waals surface area contributed by atoms with Gasteiger partial charge in [0.25, 0.3) is 5.91 Å². The highest BCUT2D eigenvalue weighted by Crippen LogP contribution is 2.17. The van der Waals surface area contributed by atoms with Gasteiger partial charge in [-0.05, 0) is 32.8 Å². The summed E-state index contributed by atoms with van der Waals surface area (Å²) in [6.45, 7) is 6.77. The van der Waals surface area contributed by atoms with Crippen LogP contribution in [0, 0.1) is 0 Å². The lowest BCUT2D eigenvalue weighted by molar-refractivity contribution is -0.143. The molecule has 1 aromatic rings. The minimum atomic E-state index is -0.120. The van der Waals surface area contributed by atoms with Crippen molar-refractivity contribution in [3.63, 3.8) is 0 Å². The Morgan fingerprint density at radius 3 is 2.65 bits per heavy atom. The second kappa shape index (κ2) is 8.68. The van der Waals surface area contributed by atoms with Crippen LogP contribution < -0.4 is 0 Å². The predicted octanol–water partition coefficient (Wildman–Crippen LogP) is 1.93. The minimum absolute atomic E-state index is 0.0401. The van der Waals surface area contributed by atoms with Crippen molar-refractivity contribution >= 4 is 11.8 Å². The van der Waals surface area contributed by atoms with Gasteiger partial charge in [0, 0.05) is 39.2 Å². The zero-order valence-corrected chi connectivity index (χ0v) is 15.6. The lowest BCUT2D eigenvalue weighted by Crippen LogP contribution is -2.49. The molecule has 0 spiro atoms. The Kier molecular flexibility index (Phi) is 6.32. The number of rotatable bonds is 6. The Morgan fingerprint density at radius 1 is 1.27 bits per heavy atom. The monoisotopic (exact) mass is 364 g/mol. The van der Waals surface area contributed by atoms with Crippen LogP contribution in [-0.2, 0) is 14.3 Å². The van der Waals surface area contributed by atoms with Gasteiger partial charge in [0.2, 0.25) is 5.91 Å². The van der Waals surface area contributed by atoms with Crippen molar-refractivity contribution in [1.82, 2.24) is 9.80 Å². The molecule has 2 aliphatic heterocycles. The molecule has 2 saturated heterocycles. The van der Waals surface area contributed by atoms with E-state index in [9.17, 15) is 9.59 Å². The van der Waals surface area contributed by atoms with Crippen LogP contribution in [0.1, 0.15) is 43.5 Å². The van der Waals surface area contributed by atoms with Gasteiger partial charge in [-0.25, -0.2) is 0 Å². The molecule has 3 heterocycles. The maximum absolute atomic E-state index is 12.8. The fourth-order valence-electron chi connectivity index (χ4n) is 3.65. The average molecular weight is 364 g/mol. The predicted molar refractivity (Wildman–Crippen MR) is 94.8 cm³/mol. The SMILES string of the molecule is CC1CN(C(=O)CCN(CC2CCCO2)C(=O)c2ccoc2)CC(C)O1. The highest BCUT2D eigenvalue weighted by Gasteiger charge is 2.28. The first-order valence-electron chi connectivity index (χ1n) is 9.39. The molecule has 2 amide bonds. The minimum Gasteiger partial charge on any atom is -0.472 e. The van der Waals surface area contributed by atoms with Crippen LogP contribution in [0.15, 0.2) is 23.0 Å². The molecular formula is C19H28N2O5. The topological polar surface area (TPSA) is 72.2 Å². The lowest BCUT2D eigenvalue weighted by atomic mass is 10.2. The van der Waals surface area contributed by atoms with Crippen molar-refractivity contribution in [2.24, 2.45) is 0 Å². The van der Waals surface area contributed by atoms with E-state index in [1.807, 2.05) is 18.7 Å². The fourth-order valence-corrected chi connectivity index (χ4v) is 3.65. The van der Waals surface area contributed by atoms with E-state index in [2.05, 4.69) is 0 Å². The Hall–Kier alpha value is -1.86. The van der Waals surface area contributed by atoms with E-state index in [1.165, 1.54) is 12.5 Å². The summed E-state index contributed by atoms with van der Waals surface area (Å²) < 4.78 is 16.4. The molecule has 1 aromatic heterocycles. The van der Waals surface area contributed by atoms with E-state index in [0.717, 1.165) is 19.4 Å². The summed E-state index contributed by atoms with van der Waals surface area (Å²) in [6, 6.07) is 1.65. The lowest BCUT2D eigenvalue weighted by Gasteiger charge is -2.36. The van der Waals surface area contributed by atoms with Gasteiger partial charge < -0.3 is 23.7 Å². The van der Waals surface area contributed by atoms with Crippen LogP contribution >= 0.6 is 0 Å². The van der Waals surface area contributed by atoms with Gasteiger partial charge in [-0.2, -0.15) is 0 Å². The number of carbonyl (C=O) groups is 2. The highest BCUT2D eigenvalue weighted by molar-refractivity contribution is 5.94. The maximum Gasteiger partial charge on any atom is 0.257 e. The number of amides is 2.